The molecule has 204 valence electrons. The number of hydrogen-bond donors (Lipinski definition) is 1. The molecule has 1 heterocycles. The second-order valence-electron chi connectivity index (χ2n) is 11.9. The number of hydrogen-bond acceptors (Lipinski definition) is 7. The molecule has 5 rings (SSSR count). The molecule has 3 aliphatic carbocycles. The monoisotopic (exact) mass is 541 g/mol. The van der Waals surface area contributed by atoms with E-state index in [0.29, 0.717) is 37.0 Å². The third-order valence-corrected chi connectivity index (χ3v) is 9.71. The topological polar surface area (TPSA) is 124 Å². The molecule has 1 amide bonds. The Hall–Kier alpha value is -3.01. The van der Waals surface area contributed by atoms with Crippen molar-refractivity contribution in [1.82, 2.24) is 9.78 Å². The minimum atomic E-state index is -3.36. The van der Waals surface area contributed by atoms with E-state index in [4.69, 9.17) is 4.74 Å². The van der Waals surface area contributed by atoms with Gasteiger partial charge in [-0.25, -0.2) is 13.2 Å². The number of Topliss-reactive ketones (excluding diaryl/α,β-unsaturated/α-hetero) is 1. The van der Waals surface area contributed by atoms with E-state index in [1.54, 1.807) is 32.9 Å². The maximum atomic E-state index is 13.6. The fraction of sp³-hybridized carbons (Fsp3) is 0.571. The molecule has 0 saturated heterocycles. The maximum absolute atomic E-state index is 13.6. The summed E-state index contributed by atoms with van der Waals surface area (Å²) in [6, 6.07) is 6.85. The summed E-state index contributed by atoms with van der Waals surface area (Å²) in [4.78, 5) is 38.3. The Morgan fingerprint density at radius 2 is 1.87 bits per heavy atom. The zero-order chi connectivity index (χ0) is 27.2. The number of nitrogens with one attached hydrogen (secondary N) is 1. The van der Waals surface area contributed by atoms with Crippen molar-refractivity contribution in [2.45, 2.75) is 99.7 Å². The predicted octanol–water partition coefficient (Wildman–Crippen LogP) is 4.96. The van der Waals surface area contributed by atoms with Crippen LogP contribution in [0.3, 0.4) is 0 Å². The van der Waals surface area contributed by atoms with E-state index >= 15 is 0 Å². The van der Waals surface area contributed by atoms with Crippen LogP contribution in [0.5, 0.6) is 0 Å². The third kappa shape index (κ3) is 6.00. The van der Waals surface area contributed by atoms with Crippen LogP contribution < -0.4 is 5.32 Å². The molecular weight excluding hydrogens is 506 g/mol. The lowest BCUT2D eigenvalue weighted by atomic mass is 9.86. The highest BCUT2D eigenvalue weighted by Gasteiger charge is 2.41. The molecule has 0 spiro atoms. The Morgan fingerprint density at radius 1 is 1.13 bits per heavy atom. The number of amides is 1. The lowest BCUT2D eigenvalue weighted by molar-refractivity contribution is -0.119. The van der Waals surface area contributed by atoms with Crippen LogP contribution in [-0.4, -0.2) is 46.8 Å². The highest BCUT2D eigenvalue weighted by Crippen LogP contribution is 2.47. The van der Waals surface area contributed by atoms with Gasteiger partial charge in [0, 0.05) is 25.1 Å². The summed E-state index contributed by atoms with van der Waals surface area (Å²) in [5.74, 6) is -0.207. The van der Waals surface area contributed by atoms with Crippen molar-refractivity contribution in [3.05, 3.63) is 41.6 Å². The lowest BCUT2D eigenvalue weighted by Crippen LogP contribution is -2.28. The number of anilines is 1. The number of nitrogens with zero attached hydrogens (tertiary/aromatic N) is 2. The van der Waals surface area contributed by atoms with Crippen molar-refractivity contribution in [2.24, 2.45) is 5.92 Å². The first-order chi connectivity index (χ1) is 17.9. The summed E-state index contributed by atoms with van der Waals surface area (Å²) in [5.41, 5.74) is 0.864. The molecule has 38 heavy (non-hydrogen) atoms. The molecule has 0 unspecified atom stereocenters. The van der Waals surface area contributed by atoms with Gasteiger partial charge in [-0.2, -0.15) is 4.68 Å². The quantitative estimate of drug-likeness (QED) is 0.501. The van der Waals surface area contributed by atoms with Crippen molar-refractivity contribution in [3.8, 4) is 0 Å². The summed E-state index contributed by atoms with van der Waals surface area (Å²) in [6.07, 6.45) is 6.22. The van der Waals surface area contributed by atoms with Gasteiger partial charge < -0.3 is 10.1 Å². The molecule has 1 aromatic carbocycles. The predicted molar refractivity (Wildman–Crippen MR) is 141 cm³/mol. The number of benzene rings is 1. The number of rotatable bonds is 8. The van der Waals surface area contributed by atoms with Crippen molar-refractivity contribution in [2.75, 3.05) is 5.32 Å². The molecule has 2 aromatic rings. The van der Waals surface area contributed by atoms with E-state index in [0.717, 1.165) is 35.1 Å². The zero-order valence-corrected chi connectivity index (χ0v) is 22.9. The Bertz CT molecular complexity index is 1370. The van der Waals surface area contributed by atoms with Crippen LogP contribution >= 0.6 is 0 Å². The fourth-order valence-corrected chi connectivity index (χ4v) is 7.08. The standard InChI is InChI=1S/C28H35N3O6S/c1-28(2,3)37-27(34)31-13-12-25(30-31)29-26(33)23(15-17-4-8-20(32)14-17)19-7-11-24(22(16-19)18-5-6-18)38(35,36)21-9-10-21/h7,11-13,16-18,21,23H,4-6,8-10,14-15H2,1-3H3,(H,29,30,33)/t17-,23+/m0/s1. The van der Waals surface area contributed by atoms with E-state index in [2.05, 4.69) is 10.4 Å². The summed E-state index contributed by atoms with van der Waals surface area (Å²) in [5, 5.41) is 6.68. The second-order valence-corrected chi connectivity index (χ2v) is 14.1. The first kappa shape index (κ1) is 26.6. The van der Waals surface area contributed by atoms with Crippen LogP contribution in [0.1, 0.15) is 95.1 Å². The Labute approximate surface area is 223 Å². The van der Waals surface area contributed by atoms with Gasteiger partial charge in [0.15, 0.2) is 15.7 Å². The van der Waals surface area contributed by atoms with Gasteiger partial charge in [-0.1, -0.05) is 12.1 Å². The zero-order valence-electron chi connectivity index (χ0n) is 22.1. The molecule has 10 heteroatoms. The highest BCUT2D eigenvalue weighted by molar-refractivity contribution is 7.92. The molecule has 0 bridgehead atoms. The van der Waals surface area contributed by atoms with Crippen LogP contribution in [0.25, 0.3) is 0 Å². The molecule has 1 aromatic heterocycles. The van der Waals surface area contributed by atoms with Crippen molar-refractivity contribution in [1.29, 1.82) is 0 Å². The molecule has 3 saturated carbocycles. The van der Waals surface area contributed by atoms with Gasteiger partial charge in [0.25, 0.3) is 0 Å². The Morgan fingerprint density at radius 3 is 2.47 bits per heavy atom. The molecule has 2 atom stereocenters. The summed E-state index contributed by atoms with van der Waals surface area (Å²) >= 11 is 0. The normalized spacial score (nSPS) is 20.8. The second kappa shape index (κ2) is 9.94. The van der Waals surface area contributed by atoms with Gasteiger partial charge in [-0.05, 0) is 88.3 Å². The third-order valence-electron chi connectivity index (χ3n) is 7.38. The van der Waals surface area contributed by atoms with Gasteiger partial charge in [-0.15, -0.1) is 5.10 Å². The molecule has 0 aliphatic heterocycles. The highest BCUT2D eigenvalue weighted by atomic mass is 32.2. The van der Waals surface area contributed by atoms with Gasteiger partial charge in [-0.3, -0.25) is 9.59 Å². The first-order valence-electron chi connectivity index (χ1n) is 13.4. The van der Waals surface area contributed by atoms with Gasteiger partial charge >= 0.3 is 6.09 Å². The average molecular weight is 542 g/mol. The van der Waals surface area contributed by atoms with Gasteiger partial charge in [0.2, 0.25) is 5.91 Å². The number of aromatic nitrogens is 2. The summed E-state index contributed by atoms with van der Waals surface area (Å²) in [6.45, 7) is 5.27. The lowest BCUT2D eigenvalue weighted by Gasteiger charge is -2.22. The first-order valence-corrected chi connectivity index (χ1v) is 14.9. The molecular formula is C28H35N3O6S. The van der Waals surface area contributed by atoms with Crippen LogP contribution in [0.15, 0.2) is 35.4 Å². The van der Waals surface area contributed by atoms with Crippen LogP contribution in [0, 0.1) is 5.92 Å². The summed E-state index contributed by atoms with van der Waals surface area (Å²) < 4.78 is 32.6. The van der Waals surface area contributed by atoms with Crippen LogP contribution in [0.2, 0.25) is 0 Å². The van der Waals surface area contributed by atoms with Gasteiger partial charge in [0.1, 0.15) is 11.4 Å². The number of sulfone groups is 1. The molecule has 3 aliphatic rings. The SMILES string of the molecule is CC(C)(C)OC(=O)n1ccc(NC(=O)[C@H](C[C@H]2CCC(=O)C2)c2ccc(S(=O)(=O)C3CC3)c(C3CC3)c2)n1. The number of carbonyl (C=O) groups is 3. The minimum Gasteiger partial charge on any atom is -0.442 e. The minimum absolute atomic E-state index is 0.0804. The summed E-state index contributed by atoms with van der Waals surface area (Å²) in [7, 11) is -3.36. The smallest absolute Gasteiger partial charge is 0.435 e. The van der Waals surface area contributed by atoms with E-state index in [1.807, 2.05) is 6.07 Å². The van der Waals surface area contributed by atoms with Crippen LogP contribution in [0.4, 0.5) is 10.6 Å². The van der Waals surface area contributed by atoms with Crippen molar-refractivity contribution < 1.29 is 27.5 Å². The van der Waals surface area contributed by atoms with Crippen molar-refractivity contribution >= 4 is 33.4 Å². The van der Waals surface area contributed by atoms with E-state index in [9.17, 15) is 22.8 Å². The van der Waals surface area contributed by atoms with E-state index in [-0.39, 0.29) is 34.6 Å². The molecule has 1 N–H and O–H groups in total. The number of ether oxygens (including phenoxy) is 1. The number of ketones is 1. The van der Waals surface area contributed by atoms with E-state index < -0.39 is 27.4 Å². The molecule has 3 fully saturated rings. The van der Waals surface area contributed by atoms with Crippen LogP contribution in [-0.2, 0) is 24.2 Å². The molecule has 9 nitrogen and oxygen atoms in total. The average Bonchev–Trinajstić information content (AvgIpc) is 3.77. The molecule has 0 radical (unpaired) electrons. The van der Waals surface area contributed by atoms with Gasteiger partial charge in [0.05, 0.1) is 16.1 Å². The largest absolute Gasteiger partial charge is 0.442 e. The van der Waals surface area contributed by atoms with Crippen molar-refractivity contribution in [3.63, 3.8) is 0 Å². The Kier molecular flexibility index (Phi) is 6.96. The Balaban J connectivity index is 1.41. The number of carbonyl (C=O) groups excluding carboxylic acids is 3. The fourth-order valence-electron chi connectivity index (χ4n) is 5.15. The van der Waals surface area contributed by atoms with E-state index in [1.165, 1.54) is 12.3 Å². The maximum Gasteiger partial charge on any atom is 0.435 e.